The zero-order valence-electron chi connectivity index (χ0n) is 11.2. The number of benzene rings is 2. The second-order valence-corrected chi connectivity index (χ2v) is 4.78. The SMILES string of the molecule is COc1cc2ccccc2cc1[C@H]1CC(O)=C(CO)O1. The fourth-order valence-electron chi connectivity index (χ4n) is 2.54. The number of ether oxygens (including phenoxy) is 2. The van der Waals surface area contributed by atoms with E-state index >= 15 is 0 Å². The maximum absolute atomic E-state index is 9.75. The molecule has 0 saturated heterocycles. The van der Waals surface area contributed by atoms with E-state index in [0.717, 1.165) is 22.1 Å². The highest BCUT2D eigenvalue weighted by Crippen LogP contribution is 2.40. The molecule has 0 fully saturated rings. The highest BCUT2D eigenvalue weighted by atomic mass is 16.5. The molecule has 0 aliphatic carbocycles. The summed E-state index contributed by atoms with van der Waals surface area (Å²) in [6, 6.07) is 12.0. The van der Waals surface area contributed by atoms with Gasteiger partial charge in [-0.15, -0.1) is 0 Å². The molecule has 3 rings (SSSR count). The van der Waals surface area contributed by atoms with Crippen molar-refractivity contribution in [2.75, 3.05) is 13.7 Å². The van der Waals surface area contributed by atoms with Gasteiger partial charge in [0.2, 0.25) is 0 Å². The largest absolute Gasteiger partial charge is 0.509 e. The fourth-order valence-corrected chi connectivity index (χ4v) is 2.54. The van der Waals surface area contributed by atoms with Crippen LogP contribution in [-0.2, 0) is 4.74 Å². The average Bonchev–Trinajstić information content (AvgIpc) is 2.86. The first kappa shape index (κ1) is 12.8. The quantitative estimate of drug-likeness (QED) is 0.901. The Kier molecular flexibility index (Phi) is 3.24. The Labute approximate surface area is 116 Å². The topological polar surface area (TPSA) is 58.9 Å². The van der Waals surface area contributed by atoms with Crippen LogP contribution in [0.5, 0.6) is 5.75 Å². The fraction of sp³-hybridized carbons (Fsp3) is 0.250. The summed E-state index contributed by atoms with van der Waals surface area (Å²) in [5.74, 6) is 1.07. The van der Waals surface area contributed by atoms with Gasteiger partial charge in [-0.3, -0.25) is 0 Å². The van der Waals surface area contributed by atoms with Gasteiger partial charge in [-0.05, 0) is 22.9 Å². The molecule has 0 saturated carbocycles. The Morgan fingerprint density at radius 2 is 1.95 bits per heavy atom. The molecule has 20 heavy (non-hydrogen) atoms. The van der Waals surface area contributed by atoms with Crippen LogP contribution in [0, 0.1) is 0 Å². The maximum Gasteiger partial charge on any atom is 0.160 e. The van der Waals surface area contributed by atoms with Crippen LogP contribution >= 0.6 is 0 Å². The third-order valence-electron chi connectivity index (χ3n) is 3.57. The molecular formula is C16H16O4. The molecule has 1 heterocycles. The molecule has 2 aromatic rings. The van der Waals surface area contributed by atoms with Crippen molar-refractivity contribution in [1.82, 2.24) is 0 Å². The molecular weight excluding hydrogens is 256 g/mol. The van der Waals surface area contributed by atoms with Crippen LogP contribution in [0.2, 0.25) is 0 Å². The summed E-state index contributed by atoms with van der Waals surface area (Å²) in [5, 5.41) is 21.1. The summed E-state index contributed by atoms with van der Waals surface area (Å²) in [4.78, 5) is 0. The lowest BCUT2D eigenvalue weighted by Gasteiger charge is -2.17. The number of aliphatic hydroxyl groups is 2. The van der Waals surface area contributed by atoms with Crippen molar-refractivity contribution in [3.8, 4) is 5.75 Å². The maximum atomic E-state index is 9.75. The molecule has 4 heteroatoms. The first-order chi connectivity index (χ1) is 9.72. The summed E-state index contributed by atoms with van der Waals surface area (Å²) in [7, 11) is 1.61. The molecule has 0 spiro atoms. The van der Waals surface area contributed by atoms with E-state index in [-0.39, 0.29) is 24.2 Å². The van der Waals surface area contributed by atoms with Crippen molar-refractivity contribution < 1.29 is 19.7 Å². The zero-order valence-corrected chi connectivity index (χ0v) is 11.2. The first-order valence-corrected chi connectivity index (χ1v) is 6.48. The molecule has 0 amide bonds. The van der Waals surface area contributed by atoms with Crippen LogP contribution in [0.25, 0.3) is 10.8 Å². The van der Waals surface area contributed by atoms with Crippen LogP contribution in [-0.4, -0.2) is 23.9 Å². The number of methoxy groups -OCH3 is 1. The predicted octanol–water partition coefficient (Wildman–Crippen LogP) is 3.07. The minimum absolute atomic E-state index is 0.104. The van der Waals surface area contributed by atoms with E-state index in [1.807, 2.05) is 36.4 Å². The minimum atomic E-state index is -0.322. The lowest BCUT2D eigenvalue weighted by Crippen LogP contribution is -2.02. The Hall–Kier alpha value is -2.20. The number of fused-ring (bicyclic) bond motifs is 1. The molecule has 0 bridgehead atoms. The van der Waals surface area contributed by atoms with Gasteiger partial charge in [-0.2, -0.15) is 0 Å². The minimum Gasteiger partial charge on any atom is -0.509 e. The van der Waals surface area contributed by atoms with Gasteiger partial charge in [0.1, 0.15) is 24.2 Å². The lowest BCUT2D eigenvalue weighted by molar-refractivity contribution is 0.112. The van der Waals surface area contributed by atoms with Crippen molar-refractivity contribution in [3.63, 3.8) is 0 Å². The van der Waals surface area contributed by atoms with E-state index < -0.39 is 0 Å². The molecule has 2 N–H and O–H groups in total. The van der Waals surface area contributed by atoms with E-state index in [2.05, 4.69) is 0 Å². The summed E-state index contributed by atoms with van der Waals surface area (Å²) in [5.41, 5.74) is 0.876. The van der Waals surface area contributed by atoms with E-state index in [4.69, 9.17) is 14.6 Å². The smallest absolute Gasteiger partial charge is 0.160 e. The Balaban J connectivity index is 2.03. The Bertz CT molecular complexity index is 675. The van der Waals surface area contributed by atoms with E-state index in [1.54, 1.807) is 7.11 Å². The Morgan fingerprint density at radius 1 is 1.25 bits per heavy atom. The van der Waals surface area contributed by atoms with Gasteiger partial charge in [0, 0.05) is 12.0 Å². The van der Waals surface area contributed by atoms with Gasteiger partial charge in [0.15, 0.2) is 5.76 Å². The third kappa shape index (κ3) is 2.08. The van der Waals surface area contributed by atoms with Crippen LogP contribution in [0.15, 0.2) is 47.9 Å². The highest BCUT2D eigenvalue weighted by Gasteiger charge is 2.28. The van der Waals surface area contributed by atoms with Crippen molar-refractivity contribution in [2.24, 2.45) is 0 Å². The van der Waals surface area contributed by atoms with Gasteiger partial charge in [-0.25, -0.2) is 0 Å². The molecule has 2 aromatic carbocycles. The summed E-state index contributed by atoms with van der Waals surface area (Å²) >= 11 is 0. The molecule has 0 radical (unpaired) electrons. The van der Waals surface area contributed by atoms with Crippen LogP contribution in [0.4, 0.5) is 0 Å². The number of aliphatic hydroxyl groups excluding tert-OH is 2. The van der Waals surface area contributed by atoms with E-state index in [9.17, 15) is 5.11 Å². The summed E-state index contributed by atoms with van der Waals surface area (Å²) in [6.45, 7) is -0.293. The van der Waals surface area contributed by atoms with Crippen LogP contribution in [0.1, 0.15) is 18.1 Å². The summed E-state index contributed by atoms with van der Waals surface area (Å²) < 4.78 is 11.0. The lowest BCUT2D eigenvalue weighted by atomic mass is 10.0. The average molecular weight is 272 g/mol. The second-order valence-electron chi connectivity index (χ2n) is 4.78. The molecule has 1 atom stereocenters. The van der Waals surface area contributed by atoms with Gasteiger partial charge in [-0.1, -0.05) is 24.3 Å². The van der Waals surface area contributed by atoms with Gasteiger partial charge >= 0.3 is 0 Å². The first-order valence-electron chi connectivity index (χ1n) is 6.48. The van der Waals surface area contributed by atoms with Crippen molar-refractivity contribution in [2.45, 2.75) is 12.5 Å². The van der Waals surface area contributed by atoms with Crippen molar-refractivity contribution in [1.29, 1.82) is 0 Å². The van der Waals surface area contributed by atoms with Crippen LogP contribution in [0.3, 0.4) is 0 Å². The van der Waals surface area contributed by atoms with Crippen LogP contribution < -0.4 is 4.74 Å². The van der Waals surface area contributed by atoms with E-state index in [1.165, 1.54) is 0 Å². The number of hydrogen-bond acceptors (Lipinski definition) is 4. The third-order valence-corrected chi connectivity index (χ3v) is 3.57. The van der Waals surface area contributed by atoms with Crippen molar-refractivity contribution in [3.05, 3.63) is 53.5 Å². The number of rotatable bonds is 3. The monoisotopic (exact) mass is 272 g/mol. The molecule has 104 valence electrons. The van der Waals surface area contributed by atoms with Gasteiger partial charge < -0.3 is 19.7 Å². The molecule has 0 aromatic heterocycles. The Morgan fingerprint density at radius 3 is 2.55 bits per heavy atom. The summed E-state index contributed by atoms with van der Waals surface area (Å²) in [6.07, 6.45) is 0.0293. The number of hydrogen-bond donors (Lipinski definition) is 2. The zero-order chi connectivity index (χ0) is 14.1. The second kappa shape index (κ2) is 5.06. The molecule has 1 aliphatic heterocycles. The van der Waals surface area contributed by atoms with Gasteiger partial charge in [0.05, 0.1) is 7.11 Å². The van der Waals surface area contributed by atoms with E-state index in [0.29, 0.717) is 6.42 Å². The van der Waals surface area contributed by atoms with Gasteiger partial charge in [0.25, 0.3) is 0 Å². The predicted molar refractivity (Wildman–Crippen MR) is 75.7 cm³/mol. The molecule has 4 nitrogen and oxygen atoms in total. The normalized spacial score (nSPS) is 18.4. The molecule has 1 aliphatic rings. The highest BCUT2D eigenvalue weighted by molar-refractivity contribution is 5.85. The molecule has 0 unspecified atom stereocenters. The standard InChI is InChI=1S/C16H16O4/c1-19-14-7-11-5-3-2-4-10(11)6-12(14)15-8-13(18)16(9-17)20-15/h2-7,15,17-18H,8-9H2,1H3/t15-/m1/s1. The van der Waals surface area contributed by atoms with Crippen molar-refractivity contribution >= 4 is 10.8 Å².